The number of hydrazine groups is 1. The number of nitrogens with one attached hydrogen (secondary N) is 1. The second kappa shape index (κ2) is 8.39. The number of carbonyl (C=O) groups is 2. The average Bonchev–Trinajstić information content (AvgIpc) is 2.90. The van der Waals surface area contributed by atoms with Crippen molar-refractivity contribution in [1.82, 2.24) is 10.4 Å². The van der Waals surface area contributed by atoms with Crippen LogP contribution in [0, 0.1) is 0 Å². The lowest BCUT2D eigenvalue weighted by Crippen LogP contribution is -2.44. The zero-order valence-corrected chi connectivity index (χ0v) is 16.1. The molecule has 1 heterocycles. The summed E-state index contributed by atoms with van der Waals surface area (Å²) in [5.41, 5.74) is 3.34. The van der Waals surface area contributed by atoms with Gasteiger partial charge in [-0.3, -0.25) is 15.0 Å². The smallest absolute Gasteiger partial charge is 0.285 e. The zero-order chi connectivity index (χ0) is 19.4. The number of carbonyl (C=O) groups excluding carboxylic acids is 2. The predicted molar refractivity (Wildman–Crippen MR) is 111 cm³/mol. The summed E-state index contributed by atoms with van der Waals surface area (Å²) < 4.78 is 0.166. The van der Waals surface area contributed by atoms with Crippen LogP contribution in [-0.2, 0) is 4.79 Å². The van der Waals surface area contributed by atoms with E-state index >= 15 is 0 Å². The maximum Gasteiger partial charge on any atom is 0.285 e. The van der Waals surface area contributed by atoms with E-state index in [1.165, 1.54) is 18.2 Å². The number of aromatic hydroxyl groups is 1. The van der Waals surface area contributed by atoms with Crippen LogP contribution >= 0.6 is 35.6 Å². The van der Waals surface area contributed by atoms with Crippen molar-refractivity contribution in [3.63, 3.8) is 0 Å². The third-order valence-electron chi connectivity index (χ3n) is 3.53. The van der Waals surface area contributed by atoms with Crippen molar-refractivity contribution in [1.29, 1.82) is 0 Å². The Morgan fingerprint density at radius 1 is 1.15 bits per heavy atom. The highest BCUT2D eigenvalue weighted by atomic mass is 35.5. The first-order chi connectivity index (χ1) is 13.0. The lowest BCUT2D eigenvalue weighted by molar-refractivity contribution is -0.123. The summed E-state index contributed by atoms with van der Waals surface area (Å²) in [6.07, 6.45) is 3.22. The molecule has 2 amide bonds. The van der Waals surface area contributed by atoms with Crippen LogP contribution in [0.15, 0.2) is 70.6 Å². The van der Waals surface area contributed by atoms with Gasteiger partial charge in [0.15, 0.2) is 4.32 Å². The monoisotopic (exact) mass is 416 g/mol. The Hall–Kier alpha value is -2.61. The van der Waals surface area contributed by atoms with Gasteiger partial charge in [-0.25, -0.2) is 0 Å². The minimum atomic E-state index is -0.642. The van der Waals surface area contributed by atoms with Crippen LogP contribution in [0.4, 0.5) is 0 Å². The van der Waals surface area contributed by atoms with Gasteiger partial charge in [-0.1, -0.05) is 65.8 Å². The highest BCUT2D eigenvalue weighted by Crippen LogP contribution is 2.32. The van der Waals surface area contributed by atoms with Crippen LogP contribution in [0.25, 0.3) is 6.08 Å². The van der Waals surface area contributed by atoms with Crippen molar-refractivity contribution in [2.24, 2.45) is 0 Å². The minimum Gasteiger partial charge on any atom is -0.507 e. The summed E-state index contributed by atoms with van der Waals surface area (Å²) in [5, 5.41) is 11.1. The van der Waals surface area contributed by atoms with Gasteiger partial charge in [0, 0.05) is 5.03 Å². The summed E-state index contributed by atoms with van der Waals surface area (Å²) >= 11 is 12.4. The van der Waals surface area contributed by atoms with Crippen LogP contribution in [-0.4, -0.2) is 26.3 Å². The third-order valence-corrected chi connectivity index (χ3v) is 5.05. The van der Waals surface area contributed by atoms with E-state index < -0.39 is 11.8 Å². The molecule has 0 atom stereocenters. The normalized spacial score (nSPS) is 16.1. The Kier molecular flexibility index (Phi) is 5.95. The molecule has 1 saturated heterocycles. The highest BCUT2D eigenvalue weighted by molar-refractivity contribution is 8.26. The van der Waals surface area contributed by atoms with E-state index in [1.807, 2.05) is 30.3 Å². The number of hydrogen-bond acceptors (Lipinski definition) is 5. The lowest BCUT2D eigenvalue weighted by Gasteiger charge is -2.16. The predicted octanol–water partition coefficient (Wildman–Crippen LogP) is 4.06. The molecule has 0 saturated carbocycles. The quantitative estimate of drug-likeness (QED) is 0.581. The summed E-state index contributed by atoms with van der Waals surface area (Å²) in [4.78, 5) is 25.1. The number of benzene rings is 2. The molecule has 8 heteroatoms. The molecule has 2 N–H and O–H groups in total. The Morgan fingerprint density at radius 2 is 1.81 bits per heavy atom. The molecule has 0 bridgehead atoms. The van der Waals surface area contributed by atoms with Gasteiger partial charge in [-0.2, -0.15) is 5.01 Å². The van der Waals surface area contributed by atoms with E-state index in [0.29, 0.717) is 5.03 Å². The molecule has 5 nitrogen and oxygen atoms in total. The van der Waals surface area contributed by atoms with E-state index in [0.717, 1.165) is 22.3 Å². The molecule has 0 aliphatic carbocycles. The number of thiocarbonyl (C=S) groups is 1. The Bertz CT molecular complexity index is 974. The zero-order valence-electron chi connectivity index (χ0n) is 13.8. The maximum absolute atomic E-state index is 12.5. The van der Waals surface area contributed by atoms with Crippen molar-refractivity contribution >= 4 is 57.8 Å². The summed E-state index contributed by atoms with van der Waals surface area (Å²) in [6, 6.07) is 15.4. The summed E-state index contributed by atoms with van der Waals surface area (Å²) in [7, 11) is 0. The molecule has 1 fully saturated rings. The van der Waals surface area contributed by atoms with E-state index in [-0.39, 0.29) is 20.5 Å². The number of allylic oxidation sites excluding steroid dienone is 2. The van der Waals surface area contributed by atoms with Gasteiger partial charge in [-0.15, -0.1) is 0 Å². The molecule has 136 valence electrons. The van der Waals surface area contributed by atoms with E-state index in [4.69, 9.17) is 23.8 Å². The maximum atomic E-state index is 12.5. The number of thioether (sulfide) groups is 1. The second-order valence-electron chi connectivity index (χ2n) is 5.42. The number of phenols is 1. The molecule has 0 spiro atoms. The number of amides is 2. The van der Waals surface area contributed by atoms with Crippen molar-refractivity contribution in [3.05, 3.63) is 81.7 Å². The molecular formula is C19H13ClN2O3S2. The Balaban J connectivity index is 1.76. The van der Waals surface area contributed by atoms with Gasteiger partial charge in [0.2, 0.25) is 0 Å². The molecule has 1 aliphatic heterocycles. The molecule has 3 rings (SSSR count). The molecule has 2 aromatic carbocycles. The SMILES string of the molecule is O=C(NN1C(=O)/C(=C/C(Cl)=C/c2ccccc2)SC1=S)c1ccccc1O. The molecule has 0 aromatic heterocycles. The molecule has 2 aromatic rings. The Morgan fingerprint density at radius 3 is 2.52 bits per heavy atom. The van der Waals surface area contributed by atoms with Gasteiger partial charge < -0.3 is 5.11 Å². The first kappa shape index (κ1) is 19.2. The molecule has 0 unspecified atom stereocenters. The van der Waals surface area contributed by atoms with E-state index in [9.17, 15) is 14.7 Å². The van der Waals surface area contributed by atoms with Crippen molar-refractivity contribution in [2.45, 2.75) is 0 Å². The van der Waals surface area contributed by atoms with Crippen LogP contribution < -0.4 is 5.43 Å². The van der Waals surface area contributed by atoms with Crippen LogP contribution in [0.5, 0.6) is 5.75 Å². The van der Waals surface area contributed by atoms with Gasteiger partial charge in [0.1, 0.15) is 5.75 Å². The van der Waals surface area contributed by atoms with Gasteiger partial charge >= 0.3 is 0 Å². The molecule has 0 radical (unpaired) electrons. The fourth-order valence-corrected chi connectivity index (χ4v) is 3.74. The number of nitrogens with zero attached hydrogens (tertiary/aromatic N) is 1. The largest absolute Gasteiger partial charge is 0.507 e. The topological polar surface area (TPSA) is 69.6 Å². The number of rotatable bonds is 4. The molecule has 1 aliphatic rings. The van der Waals surface area contributed by atoms with Crippen LogP contribution in [0.2, 0.25) is 0 Å². The first-order valence-corrected chi connectivity index (χ1v) is 9.35. The van der Waals surface area contributed by atoms with Gasteiger partial charge in [-0.05, 0) is 42.1 Å². The summed E-state index contributed by atoms with van der Waals surface area (Å²) in [5.74, 6) is -1.32. The van der Waals surface area contributed by atoms with Crippen molar-refractivity contribution in [2.75, 3.05) is 0 Å². The molecule has 27 heavy (non-hydrogen) atoms. The van der Waals surface area contributed by atoms with Crippen LogP contribution in [0.3, 0.4) is 0 Å². The fourth-order valence-electron chi connectivity index (χ4n) is 2.27. The standard InChI is InChI=1S/C19H13ClN2O3S2/c20-13(10-12-6-2-1-3-7-12)11-16-18(25)22(19(26)27-16)21-17(24)14-8-4-5-9-15(14)23/h1-11,23H,(H,21,24)/b13-10-,16-11-. The highest BCUT2D eigenvalue weighted by Gasteiger charge is 2.34. The van der Waals surface area contributed by atoms with Crippen molar-refractivity contribution < 1.29 is 14.7 Å². The van der Waals surface area contributed by atoms with E-state index in [1.54, 1.807) is 18.2 Å². The molecular weight excluding hydrogens is 404 g/mol. The average molecular weight is 417 g/mol. The Labute approximate surface area is 170 Å². The van der Waals surface area contributed by atoms with E-state index in [2.05, 4.69) is 5.43 Å². The number of para-hydroxylation sites is 1. The van der Waals surface area contributed by atoms with Gasteiger partial charge in [0.25, 0.3) is 11.8 Å². The van der Waals surface area contributed by atoms with Crippen molar-refractivity contribution in [3.8, 4) is 5.75 Å². The number of halogens is 1. The lowest BCUT2D eigenvalue weighted by atomic mass is 10.2. The minimum absolute atomic E-state index is 0.0394. The van der Waals surface area contributed by atoms with Gasteiger partial charge in [0.05, 0.1) is 10.5 Å². The number of hydrogen-bond donors (Lipinski definition) is 2. The van der Waals surface area contributed by atoms with Crippen LogP contribution in [0.1, 0.15) is 15.9 Å². The fraction of sp³-hybridized carbons (Fsp3) is 0. The second-order valence-corrected chi connectivity index (χ2v) is 7.53. The summed E-state index contributed by atoms with van der Waals surface area (Å²) in [6.45, 7) is 0. The number of phenolic OH excluding ortho intramolecular Hbond substituents is 1. The third kappa shape index (κ3) is 4.57. The first-order valence-electron chi connectivity index (χ1n) is 7.75.